The Bertz CT molecular complexity index is 683. The molecule has 0 aliphatic heterocycles. The summed E-state index contributed by atoms with van der Waals surface area (Å²) in [5, 5.41) is 7.73. The third-order valence-corrected chi connectivity index (χ3v) is 2.73. The van der Waals surface area contributed by atoms with Gasteiger partial charge in [0.2, 0.25) is 5.95 Å². The molecule has 0 fully saturated rings. The van der Waals surface area contributed by atoms with Crippen LogP contribution in [0.4, 0.5) is 5.95 Å². The highest BCUT2D eigenvalue weighted by Gasteiger charge is 2.21. The van der Waals surface area contributed by atoms with Crippen LogP contribution in [0.15, 0.2) is 0 Å². The average molecular weight is 307 g/mol. The van der Waals surface area contributed by atoms with E-state index in [9.17, 15) is 4.79 Å². The lowest BCUT2D eigenvalue weighted by molar-refractivity contribution is 0.0518. The van der Waals surface area contributed by atoms with Gasteiger partial charge in [-0.3, -0.25) is 0 Å². The highest BCUT2D eigenvalue weighted by molar-refractivity contribution is 5.88. The van der Waals surface area contributed by atoms with E-state index in [0.717, 1.165) is 0 Å². The Balaban J connectivity index is 2.48. The lowest BCUT2D eigenvalue weighted by Crippen LogP contribution is -2.17. The fourth-order valence-corrected chi connectivity index (χ4v) is 1.63. The molecule has 0 spiro atoms. The maximum absolute atomic E-state index is 11.8. The number of methoxy groups -OCH3 is 1. The quantitative estimate of drug-likeness (QED) is 0.706. The van der Waals surface area contributed by atoms with Crippen LogP contribution in [0.1, 0.15) is 23.1 Å². The van der Waals surface area contributed by atoms with Gasteiger partial charge in [0, 0.05) is 14.1 Å². The van der Waals surface area contributed by atoms with E-state index in [1.807, 2.05) is 0 Å². The summed E-state index contributed by atoms with van der Waals surface area (Å²) in [6.45, 7) is 3.66. The molecule has 2 rings (SSSR count). The first kappa shape index (κ1) is 15.6. The first-order valence-electron chi connectivity index (χ1n) is 6.55. The van der Waals surface area contributed by atoms with Crippen LogP contribution in [0.5, 0.6) is 6.01 Å². The maximum atomic E-state index is 11.8. The van der Waals surface area contributed by atoms with E-state index in [1.165, 1.54) is 11.8 Å². The van der Waals surface area contributed by atoms with Gasteiger partial charge in [0.15, 0.2) is 5.69 Å². The fraction of sp³-hybridized carbons (Fsp3) is 0.500. The molecule has 0 amide bonds. The number of hydrogen-bond acceptors (Lipinski definition) is 9. The lowest BCUT2D eigenvalue weighted by atomic mass is 10.3. The zero-order valence-corrected chi connectivity index (χ0v) is 13.1. The average Bonchev–Trinajstić information content (AvgIpc) is 2.88. The number of hydrogen-bond donors (Lipinski definition) is 0. The van der Waals surface area contributed by atoms with Crippen molar-refractivity contribution in [3.05, 3.63) is 11.4 Å². The van der Waals surface area contributed by atoms with Crippen LogP contribution in [0, 0.1) is 6.92 Å². The van der Waals surface area contributed by atoms with E-state index in [4.69, 9.17) is 9.47 Å². The van der Waals surface area contributed by atoms with Crippen molar-refractivity contribution in [3.8, 4) is 12.0 Å². The molecule has 0 aliphatic carbocycles. The van der Waals surface area contributed by atoms with Crippen LogP contribution in [-0.4, -0.2) is 63.7 Å². The molecule has 0 atom stereocenters. The zero-order chi connectivity index (χ0) is 16.3. The number of aromatic nitrogens is 6. The van der Waals surface area contributed by atoms with Gasteiger partial charge < -0.3 is 14.4 Å². The molecule has 0 saturated carbocycles. The minimum atomic E-state index is -0.542. The summed E-state index contributed by atoms with van der Waals surface area (Å²) < 4.78 is 11.3. The number of rotatable bonds is 5. The first-order valence-corrected chi connectivity index (χ1v) is 6.55. The number of carbonyl (C=O) groups excluding carboxylic acids is 1. The van der Waals surface area contributed by atoms with Crippen molar-refractivity contribution in [3.63, 3.8) is 0 Å². The third-order valence-electron chi connectivity index (χ3n) is 2.73. The summed E-state index contributed by atoms with van der Waals surface area (Å²) >= 11 is 0. The van der Waals surface area contributed by atoms with Gasteiger partial charge in [0.1, 0.15) is 0 Å². The highest BCUT2D eigenvalue weighted by atomic mass is 16.5. The van der Waals surface area contributed by atoms with Gasteiger partial charge in [-0.2, -0.15) is 19.6 Å². The van der Waals surface area contributed by atoms with Gasteiger partial charge in [-0.1, -0.05) is 5.21 Å². The van der Waals surface area contributed by atoms with E-state index in [2.05, 4.69) is 25.3 Å². The lowest BCUT2D eigenvalue weighted by Gasteiger charge is -2.12. The van der Waals surface area contributed by atoms with Crippen molar-refractivity contribution in [1.82, 2.24) is 29.9 Å². The Morgan fingerprint density at radius 2 is 2.00 bits per heavy atom. The predicted octanol–water partition coefficient (Wildman–Crippen LogP) is 0.0120. The summed E-state index contributed by atoms with van der Waals surface area (Å²) in [6, 6.07) is 0.140. The smallest absolute Gasteiger partial charge is 0.360 e. The van der Waals surface area contributed by atoms with E-state index < -0.39 is 5.97 Å². The van der Waals surface area contributed by atoms with E-state index in [-0.39, 0.29) is 24.3 Å². The van der Waals surface area contributed by atoms with Crippen molar-refractivity contribution in [2.45, 2.75) is 13.8 Å². The van der Waals surface area contributed by atoms with E-state index >= 15 is 0 Å². The minimum Gasteiger partial charge on any atom is -0.467 e. The number of anilines is 1. The molecule has 0 N–H and O–H groups in total. The number of ether oxygens (including phenoxy) is 2. The molecule has 0 bridgehead atoms. The predicted molar refractivity (Wildman–Crippen MR) is 76.3 cm³/mol. The van der Waals surface area contributed by atoms with Crippen LogP contribution in [0.2, 0.25) is 0 Å². The Labute approximate surface area is 127 Å². The maximum Gasteiger partial charge on any atom is 0.360 e. The SMILES string of the molecule is CCOC(=O)c1nnn(-c2nc(OC)nc(N(C)C)n2)c1C. The van der Waals surface area contributed by atoms with Crippen molar-refractivity contribution >= 4 is 11.9 Å². The summed E-state index contributed by atoms with van der Waals surface area (Å²) in [6.07, 6.45) is 0. The second-order valence-electron chi connectivity index (χ2n) is 4.47. The molecule has 10 heteroatoms. The fourth-order valence-electron chi connectivity index (χ4n) is 1.63. The second kappa shape index (κ2) is 6.33. The number of nitrogens with zero attached hydrogens (tertiary/aromatic N) is 7. The molecular weight excluding hydrogens is 290 g/mol. The van der Waals surface area contributed by atoms with E-state index in [0.29, 0.717) is 11.6 Å². The van der Waals surface area contributed by atoms with Crippen molar-refractivity contribution < 1.29 is 14.3 Å². The van der Waals surface area contributed by atoms with Gasteiger partial charge in [0.25, 0.3) is 5.95 Å². The van der Waals surface area contributed by atoms with Crippen LogP contribution in [0.25, 0.3) is 5.95 Å². The van der Waals surface area contributed by atoms with Crippen molar-refractivity contribution in [2.75, 3.05) is 32.7 Å². The van der Waals surface area contributed by atoms with Gasteiger partial charge in [-0.25, -0.2) is 4.79 Å². The van der Waals surface area contributed by atoms with Crippen LogP contribution in [-0.2, 0) is 4.74 Å². The minimum absolute atomic E-state index is 0.118. The molecule has 0 aliphatic rings. The molecule has 0 radical (unpaired) electrons. The van der Waals surface area contributed by atoms with Gasteiger partial charge in [0.05, 0.1) is 19.4 Å². The number of esters is 1. The zero-order valence-electron chi connectivity index (χ0n) is 13.1. The Morgan fingerprint density at radius 3 is 2.59 bits per heavy atom. The van der Waals surface area contributed by atoms with Crippen LogP contribution >= 0.6 is 0 Å². The standard InChI is InChI=1S/C12H17N7O3/c1-6-22-9(20)8-7(2)19(17-16-8)11-13-10(18(3)4)14-12(15-11)21-5/h6H2,1-5H3. The molecule has 10 nitrogen and oxygen atoms in total. The summed E-state index contributed by atoms with van der Waals surface area (Å²) in [7, 11) is 5.03. The second-order valence-corrected chi connectivity index (χ2v) is 4.47. The molecule has 2 aromatic heterocycles. The topological polar surface area (TPSA) is 108 Å². The Morgan fingerprint density at radius 1 is 1.27 bits per heavy atom. The largest absolute Gasteiger partial charge is 0.467 e. The van der Waals surface area contributed by atoms with Crippen LogP contribution in [0.3, 0.4) is 0 Å². The van der Waals surface area contributed by atoms with Gasteiger partial charge in [-0.05, 0) is 13.8 Å². The molecular formula is C12H17N7O3. The van der Waals surface area contributed by atoms with Crippen LogP contribution < -0.4 is 9.64 Å². The summed E-state index contributed by atoms with van der Waals surface area (Å²) in [4.78, 5) is 26.0. The molecule has 0 aromatic carbocycles. The number of carbonyl (C=O) groups is 1. The monoisotopic (exact) mass is 307 g/mol. The van der Waals surface area contributed by atoms with Crippen molar-refractivity contribution in [1.29, 1.82) is 0 Å². The summed E-state index contributed by atoms with van der Waals surface area (Å²) in [5.74, 6) is 0.0608. The molecule has 2 aromatic rings. The van der Waals surface area contributed by atoms with Gasteiger partial charge >= 0.3 is 12.0 Å². The normalized spacial score (nSPS) is 10.4. The molecule has 22 heavy (non-hydrogen) atoms. The molecule has 0 unspecified atom stereocenters. The molecule has 2 heterocycles. The Kier molecular flexibility index (Phi) is 4.49. The van der Waals surface area contributed by atoms with Gasteiger partial charge in [-0.15, -0.1) is 5.10 Å². The molecule has 118 valence electrons. The van der Waals surface area contributed by atoms with Crippen molar-refractivity contribution in [2.24, 2.45) is 0 Å². The summed E-state index contributed by atoms with van der Waals surface area (Å²) in [5.41, 5.74) is 0.587. The third kappa shape index (κ3) is 2.95. The highest BCUT2D eigenvalue weighted by Crippen LogP contribution is 2.15. The Hall–Kier alpha value is -2.78. The molecule has 0 saturated heterocycles. The first-order chi connectivity index (χ1) is 10.5. The van der Waals surface area contributed by atoms with E-state index in [1.54, 1.807) is 32.8 Å².